The van der Waals surface area contributed by atoms with Gasteiger partial charge in [0.1, 0.15) is 12.4 Å². The molecule has 0 aromatic heterocycles. The van der Waals surface area contributed by atoms with Gasteiger partial charge in [-0.1, -0.05) is 24.6 Å². The Balaban J connectivity index is 0.000000283. The third kappa shape index (κ3) is 5.79. The lowest BCUT2D eigenvalue weighted by atomic mass is 9.86. The molecule has 2 aromatic carbocycles. The Hall–Kier alpha value is -2.90. The molecule has 7 nitrogen and oxygen atoms in total. The average Bonchev–Trinajstić information content (AvgIpc) is 3.45. The van der Waals surface area contributed by atoms with Crippen LogP contribution >= 0.6 is 0 Å². The summed E-state index contributed by atoms with van der Waals surface area (Å²) < 4.78 is 15.3. The first-order valence-electron chi connectivity index (χ1n) is 9.61. The molecule has 1 aliphatic carbocycles. The number of aliphatic hydroxyl groups is 1. The van der Waals surface area contributed by atoms with Gasteiger partial charge in [-0.15, -0.1) is 0 Å². The SMILES string of the molecule is CC(=O)Oc1ccc(C(O)CN)cc1COC(=O)C1CCC1.c1ccc2c(c1)O2. The van der Waals surface area contributed by atoms with E-state index >= 15 is 0 Å². The second kappa shape index (κ2) is 9.54. The van der Waals surface area contributed by atoms with Gasteiger partial charge in [0.15, 0.2) is 11.5 Å². The first-order valence-corrected chi connectivity index (χ1v) is 9.61. The van der Waals surface area contributed by atoms with Crippen molar-refractivity contribution in [1.82, 2.24) is 0 Å². The van der Waals surface area contributed by atoms with Crippen molar-refractivity contribution in [3.63, 3.8) is 0 Å². The van der Waals surface area contributed by atoms with Crippen molar-refractivity contribution in [3.8, 4) is 17.2 Å². The van der Waals surface area contributed by atoms with Gasteiger partial charge in [0.2, 0.25) is 0 Å². The maximum atomic E-state index is 11.8. The zero-order valence-electron chi connectivity index (χ0n) is 16.3. The topological polar surface area (TPSA) is 111 Å². The Morgan fingerprint density at radius 3 is 2.41 bits per heavy atom. The van der Waals surface area contributed by atoms with Crippen molar-refractivity contribution in [2.45, 2.75) is 38.9 Å². The lowest BCUT2D eigenvalue weighted by Gasteiger charge is -2.23. The molecule has 0 spiro atoms. The van der Waals surface area contributed by atoms with E-state index in [1.54, 1.807) is 18.2 Å². The summed E-state index contributed by atoms with van der Waals surface area (Å²) in [5.74, 6) is 1.67. The van der Waals surface area contributed by atoms with Crippen molar-refractivity contribution in [2.75, 3.05) is 6.54 Å². The fourth-order valence-corrected chi connectivity index (χ4v) is 2.83. The van der Waals surface area contributed by atoms with Gasteiger partial charge >= 0.3 is 11.9 Å². The van der Waals surface area contributed by atoms with Crippen LogP contribution in [0.25, 0.3) is 0 Å². The molecule has 1 heterocycles. The van der Waals surface area contributed by atoms with Gasteiger partial charge in [0.25, 0.3) is 0 Å². The normalized spacial score (nSPS) is 14.9. The Kier molecular flexibility index (Phi) is 6.85. The van der Waals surface area contributed by atoms with Gasteiger partial charge in [-0.05, 0) is 42.7 Å². The molecule has 0 amide bonds. The Morgan fingerprint density at radius 1 is 1.21 bits per heavy atom. The number of esters is 2. The molecule has 1 unspecified atom stereocenters. The lowest BCUT2D eigenvalue weighted by Crippen LogP contribution is -2.24. The highest BCUT2D eigenvalue weighted by Crippen LogP contribution is 2.43. The average molecular weight is 399 g/mol. The number of hydrogen-bond donors (Lipinski definition) is 2. The van der Waals surface area contributed by atoms with Gasteiger partial charge in [0.05, 0.1) is 12.0 Å². The molecule has 0 bridgehead atoms. The summed E-state index contributed by atoms with van der Waals surface area (Å²) in [7, 11) is 0. The van der Waals surface area contributed by atoms with Gasteiger partial charge < -0.3 is 25.1 Å². The van der Waals surface area contributed by atoms with E-state index in [9.17, 15) is 14.7 Å². The summed E-state index contributed by atoms with van der Waals surface area (Å²) in [6.07, 6.45) is 1.97. The molecule has 4 rings (SSSR count). The highest BCUT2D eigenvalue weighted by atomic mass is 16.6. The van der Waals surface area contributed by atoms with Gasteiger partial charge in [-0.25, -0.2) is 0 Å². The summed E-state index contributed by atoms with van der Waals surface area (Å²) in [5, 5.41) is 9.80. The van der Waals surface area contributed by atoms with Crippen LogP contribution in [-0.2, 0) is 20.9 Å². The van der Waals surface area contributed by atoms with E-state index in [0.717, 1.165) is 30.8 Å². The van der Waals surface area contributed by atoms with Gasteiger partial charge in [-0.2, -0.15) is 0 Å². The quantitative estimate of drug-likeness (QED) is 0.372. The van der Waals surface area contributed by atoms with Gasteiger partial charge in [0, 0.05) is 19.0 Å². The van der Waals surface area contributed by atoms with Crippen LogP contribution in [0.5, 0.6) is 17.2 Å². The predicted molar refractivity (Wildman–Crippen MR) is 105 cm³/mol. The summed E-state index contributed by atoms with van der Waals surface area (Å²) in [4.78, 5) is 23.0. The van der Waals surface area contributed by atoms with E-state index in [4.69, 9.17) is 19.9 Å². The number of rotatable bonds is 6. The molecule has 29 heavy (non-hydrogen) atoms. The summed E-state index contributed by atoms with van der Waals surface area (Å²) in [5.41, 5.74) is 6.57. The van der Waals surface area contributed by atoms with Crippen LogP contribution in [0.15, 0.2) is 42.5 Å². The number of para-hydroxylation sites is 2. The second-order valence-corrected chi connectivity index (χ2v) is 7.00. The maximum absolute atomic E-state index is 11.8. The van der Waals surface area contributed by atoms with Gasteiger partial charge in [-0.3, -0.25) is 9.59 Å². The molecule has 3 N–H and O–H groups in total. The largest absolute Gasteiger partial charge is 0.460 e. The number of ether oxygens (including phenoxy) is 3. The van der Waals surface area contributed by atoms with E-state index in [1.807, 2.05) is 24.3 Å². The number of carbonyl (C=O) groups excluding carboxylic acids is 2. The molecular weight excluding hydrogens is 374 g/mol. The Morgan fingerprint density at radius 2 is 1.90 bits per heavy atom. The lowest BCUT2D eigenvalue weighted by molar-refractivity contribution is -0.152. The van der Waals surface area contributed by atoms with E-state index in [2.05, 4.69) is 0 Å². The standard InChI is InChI=1S/C16H21NO5.C6H4O/c1-10(18)22-15-6-5-12(14(19)8-17)7-13(15)9-21-16(20)11-3-2-4-11;1-2-4-6-5(3-1)7-6/h5-7,11,14,19H,2-4,8-9,17H2,1H3;1-4H. The molecule has 2 aliphatic rings. The summed E-state index contributed by atoms with van der Waals surface area (Å²) in [6.45, 7) is 1.38. The van der Waals surface area contributed by atoms with Crippen LogP contribution < -0.4 is 15.2 Å². The van der Waals surface area contributed by atoms with Crippen LogP contribution in [0, 0.1) is 5.92 Å². The molecular formula is C22H25NO6. The molecule has 154 valence electrons. The number of fused-ring (bicyclic) bond motifs is 1. The second-order valence-electron chi connectivity index (χ2n) is 7.00. The van der Waals surface area contributed by atoms with Crippen molar-refractivity contribution < 1.29 is 28.9 Å². The van der Waals surface area contributed by atoms with E-state index < -0.39 is 12.1 Å². The zero-order valence-corrected chi connectivity index (χ0v) is 16.3. The number of hydrogen-bond acceptors (Lipinski definition) is 7. The molecule has 1 fully saturated rings. The molecule has 7 heteroatoms. The minimum absolute atomic E-state index is 0.00305. The van der Waals surface area contributed by atoms with Crippen molar-refractivity contribution >= 4 is 11.9 Å². The molecule has 2 aromatic rings. The van der Waals surface area contributed by atoms with Crippen LogP contribution in [0.4, 0.5) is 0 Å². The monoisotopic (exact) mass is 399 g/mol. The zero-order chi connectivity index (χ0) is 20.8. The Bertz CT molecular complexity index is 856. The predicted octanol–water partition coefficient (Wildman–Crippen LogP) is 3.24. The molecule has 1 atom stereocenters. The number of nitrogens with two attached hydrogens (primary N) is 1. The van der Waals surface area contributed by atoms with Crippen LogP contribution in [0.1, 0.15) is 43.4 Å². The van der Waals surface area contributed by atoms with Crippen LogP contribution in [0.2, 0.25) is 0 Å². The van der Waals surface area contributed by atoms with Crippen LogP contribution in [0.3, 0.4) is 0 Å². The van der Waals surface area contributed by atoms with E-state index in [1.165, 1.54) is 6.92 Å². The first-order chi connectivity index (χ1) is 14.0. The summed E-state index contributed by atoms with van der Waals surface area (Å²) in [6, 6.07) is 12.7. The summed E-state index contributed by atoms with van der Waals surface area (Å²) >= 11 is 0. The molecule has 0 radical (unpaired) electrons. The molecule has 1 aliphatic heterocycles. The molecule has 1 saturated carbocycles. The van der Waals surface area contributed by atoms with Crippen molar-refractivity contribution in [1.29, 1.82) is 0 Å². The van der Waals surface area contributed by atoms with E-state index in [-0.39, 0.29) is 25.0 Å². The minimum atomic E-state index is -0.813. The Labute approximate surface area is 169 Å². The van der Waals surface area contributed by atoms with E-state index in [0.29, 0.717) is 16.9 Å². The van der Waals surface area contributed by atoms with Crippen LogP contribution in [-0.4, -0.2) is 23.6 Å². The maximum Gasteiger partial charge on any atom is 0.309 e. The molecule has 0 saturated heterocycles. The number of carbonyl (C=O) groups is 2. The fraction of sp³-hybridized carbons (Fsp3) is 0.364. The minimum Gasteiger partial charge on any atom is -0.460 e. The first kappa shape index (κ1) is 20.8. The number of aliphatic hydroxyl groups excluding tert-OH is 1. The third-order valence-corrected chi connectivity index (χ3v) is 4.78. The van der Waals surface area contributed by atoms with Crippen molar-refractivity contribution in [3.05, 3.63) is 53.6 Å². The highest BCUT2D eigenvalue weighted by molar-refractivity contribution is 5.73. The third-order valence-electron chi connectivity index (χ3n) is 4.78. The number of benzene rings is 2. The van der Waals surface area contributed by atoms with Crippen molar-refractivity contribution in [2.24, 2.45) is 11.7 Å². The fourth-order valence-electron chi connectivity index (χ4n) is 2.83. The smallest absolute Gasteiger partial charge is 0.309 e. The highest BCUT2D eigenvalue weighted by Gasteiger charge is 2.27.